The van der Waals surface area contributed by atoms with Crippen LogP contribution in [0.1, 0.15) is 12.7 Å². The molecule has 0 spiro atoms. The topological polar surface area (TPSA) is 83.2 Å². The Hall–Kier alpha value is -2.22. The molecule has 21 heavy (non-hydrogen) atoms. The molecule has 1 aliphatic rings. The molecule has 1 aliphatic heterocycles. The van der Waals surface area contributed by atoms with Crippen LogP contribution in [0.5, 0.6) is 0 Å². The molecule has 0 aromatic carbocycles. The lowest BCUT2D eigenvalue weighted by atomic mass is 10.3. The highest BCUT2D eigenvalue weighted by Gasteiger charge is 2.17. The van der Waals surface area contributed by atoms with Crippen molar-refractivity contribution >= 4 is 17.6 Å². The molecule has 1 fully saturated rings. The molecule has 0 radical (unpaired) electrons. The second-order valence-corrected chi connectivity index (χ2v) is 5.01. The highest BCUT2D eigenvalue weighted by atomic mass is 16.5. The molecule has 0 bridgehead atoms. The standard InChI is InChI=1S/C13H19N7O/c1-3-19-4-6-20(7-5-19)12-9-14-17-13(16-12)15-11-8-10(2)21-18-11/h8-9H,3-7H2,1-2H3,(H,15,16,17,18). The molecule has 8 heteroatoms. The number of aromatic nitrogens is 4. The van der Waals surface area contributed by atoms with Crippen LogP contribution < -0.4 is 10.2 Å². The number of rotatable bonds is 4. The molecule has 2 aromatic heterocycles. The van der Waals surface area contributed by atoms with Crippen LogP contribution in [0, 0.1) is 6.92 Å². The number of nitrogens with one attached hydrogen (secondary N) is 1. The van der Waals surface area contributed by atoms with Gasteiger partial charge in [-0.3, -0.25) is 0 Å². The minimum atomic E-state index is 0.429. The van der Waals surface area contributed by atoms with E-state index >= 15 is 0 Å². The first-order chi connectivity index (χ1) is 10.2. The summed E-state index contributed by atoms with van der Waals surface area (Å²) in [5, 5.41) is 14.8. The van der Waals surface area contributed by atoms with Crippen LogP contribution in [0.15, 0.2) is 16.8 Å². The fourth-order valence-electron chi connectivity index (χ4n) is 2.33. The molecule has 0 atom stereocenters. The van der Waals surface area contributed by atoms with E-state index in [9.17, 15) is 0 Å². The van der Waals surface area contributed by atoms with Gasteiger partial charge in [0.15, 0.2) is 11.6 Å². The van der Waals surface area contributed by atoms with Crippen molar-refractivity contribution in [2.24, 2.45) is 0 Å². The van der Waals surface area contributed by atoms with Crippen LogP contribution >= 0.6 is 0 Å². The van der Waals surface area contributed by atoms with Crippen LogP contribution in [0.2, 0.25) is 0 Å². The summed E-state index contributed by atoms with van der Waals surface area (Å²) in [5.41, 5.74) is 0. The summed E-state index contributed by atoms with van der Waals surface area (Å²) in [4.78, 5) is 9.13. The maximum Gasteiger partial charge on any atom is 0.250 e. The second-order valence-electron chi connectivity index (χ2n) is 5.01. The molecular weight excluding hydrogens is 270 g/mol. The number of piperazine rings is 1. The van der Waals surface area contributed by atoms with E-state index in [1.165, 1.54) is 0 Å². The third kappa shape index (κ3) is 3.27. The summed E-state index contributed by atoms with van der Waals surface area (Å²) in [5.74, 6) is 2.58. The lowest BCUT2D eigenvalue weighted by Crippen LogP contribution is -2.46. The van der Waals surface area contributed by atoms with E-state index in [0.717, 1.165) is 44.3 Å². The number of anilines is 3. The normalized spacial score (nSPS) is 16.2. The highest BCUT2D eigenvalue weighted by Crippen LogP contribution is 2.16. The second kappa shape index (κ2) is 6.04. The predicted molar refractivity (Wildman–Crippen MR) is 78.7 cm³/mol. The van der Waals surface area contributed by atoms with Crippen LogP contribution in [0.25, 0.3) is 0 Å². The molecular formula is C13H19N7O. The average Bonchev–Trinajstić information content (AvgIpc) is 2.93. The van der Waals surface area contributed by atoms with E-state index in [2.05, 4.69) is 42.4 Å². The molecule has 2 aromatic rings. The number of hydrogen-bond donors (Lipinski definition) is 1. The SMILES string of the molecule is CCN1CCN(c2cnnc(Nc3cc(C)on3)n2)CC1. The zero-order valence-electron chi connectivity index (χ0n) is 12.3. The van der Waals surface area contributed by atoms with Gasteiger partial charge in [0.05, 0.1) is 6.20 Å². The summed E-state index contributed by atoms with van der Waals surface area (Å²) in [7, 11) is 0. The Kier molecular flexibility index (Phi) is 3.96. The first-order valence-corrected chi connectivity index (χ1v) is 7.12. The number of hydrogen-bond acceptors (Lipinski definition) is 8. The summed E-state index contributed by atoms with van der Waals surface area (Å²) in [6.45, 7) is 9.11. The maximum atomic E-state index is 5.00. The van der Waals surface area contributed by atoms with E-state index in [-0.39, 0.29) is 0 Å². The Morgan fingerprint density at radius 1 is 1.29 bits per heavy atom. The zero-order chi connectivity index (χ0) is 14.7. The van der Waals surface area contributed by atoms with Gasteiger partial charge in [0.1, 0.15) is 5.76 Å². The van der Waals surface area contributed by atoms with Gasteiger partial charge in [-0.2, -0.15) is 10.1 Å². The van der Waals surface area contributed by atoms with Crippen molar-refractivity contribution in [3.8, 4) is 0 Å². The zero-order valence-corrected chi connectivity index (χ0v) is 12.3. The van der Waals surface area contributed by atoms with Crippen molar-refractivity contribution in [3.05, 3.63) is 18.0 Å². The number of aryl methyl sites for hydroxylation is 1. The molecule has 112 valence electrons. The third-order valence-corrected chi connectivity index (χ3v) is 3.56. The molecule has 3 rings (SSSR count). The van der Waals surface area contributed by atoms with Crippen molar-refractivity contribution in [3.63, 3.8) is 0 Å². The van der Waals surface area contributed by atoms with Gasteiger partial charge in [-0.15, -0.1) is 5.10 Å². The lowest BCUT2D eigenvalue weighted by Gasteiger charge is -2.34. The van der Waals surface area contributed by atoms with E-state index in [1.54, 1.807) is 12.3 Å². The molecule has 8 nitrogen and oxygen atoms in total. The summed E-state index contributed by atoms with van der Waals surface area (Å²) >= 11 is 0. The van der Waals surface area contributed by atoms with Gasteiger partial charge >= 0.3 is 0 Å². The van der Waals surface area contributed by atoms with Gasteiger partial charge in [-0.05, 0) is 13.5 Å². The van der Waals surface area contributed by atoms with Crippen molar-refractivity contribution in [2.45, 2.75) is 13.8 Å². The Labute approximate surface area is 123 Å². The number of nitrogens with zero attached hydrogens (tertiary/aromatic N) is 6. The van der Waals surface area contributed by atoms with Gasteiger partial charge in [-0.1, -0.05) is 12.1 Å². The fraction of sp³-hybridized carbons (Fsp3) is 0.538. The van der Waals surface area contributed by atoms with E-state index < -0.39 is 0 Å². The largest absolute Gasteiger partial charge is 0.360 e. The van der Waals surface area contributed by atoms with Crippen molar-refractivity contribution in [1.29, 1.82) is 0 Å². The van der Waals surface area contributed by atoms with Gasteiger partial charge in [0.25, 0.3) is 0 Å². The lowest BCUT2D eigenvalue weighted by molar-refractivity contribution is 0.270. The summed E-state index contributed by atoms with van der Waals surface area (Å²) in [6, 6.07) is 1.79. The van der Waals surface area contributed by atoms with E-state index in [1.807, 2.05) is 6.92 Å². The molecule has 1 saturated heterocycles. The Morgan fingerprint density at radius 3 is 2.76 bits per heavy atom. The Morgan fingerprint density at radius 2 is 2.10 bits per heavy atom. The minimum Gasteiger partial charge on any atom is -0.360 e. The summed E-state index contributed by atoms with van der Waals surface area (Å²) < 4.78 is 5.00. The third-order valence-electron chi connectivity index (χ3n) is 3.56. The quantitative estimate of drug-likeness (QED) is 0.894. The van der Waals surface area contributed by atoms with Gasteiger partial charge in [0, 0.05) is 32.2 Å². The number of likely N-dealkylation sites (N-methyl/N-ethyl adjacent to an activating group) is 1. The van der Waals surface area contributed by atoms with Crippen molar-refractivity contribution in [1.82, 2.24) is 25.2 Å². The van der Waals surface area contributed by atoms with Gasteiger partial charge in [0.2, 0.25) is 5.95 Å². The molecule has 0 amide bonds. The monoisotopic (exact) mass is 289 g/mol. The van der Waals surface area contributed by atoms with Crippen LogP contribution in [-0.2, 0) is 0 Å². The maximum absolute atomic E-state index is 5.00. The average molecular weight is 289 g/mol. The van der Waals surface area contributed by atoms with E-state index in [0.29, 0.717) is 11.8 Å². The van der Waals surface area contributed by atoms with Gasteiger partial charge in [-0.25, -0.2) is 0 Å². The Balaban J connectivity index is 1.68. The smallest absolute Gasteiger partial charge is 0.250 e. The molecule has 0 unspecified atom stereocenters. The molecule has 3 heterocycles. The minimum absolute atomic E-state index is 0.429. The first-order valence-electron chi connectivity index (χ1n) is 7.12. The van der Waals surface area contributed by atoms with Gasteiger partial charge < -0.3 is 19.6 Å². The highest BCUT2D eigenvalue weighted by molar-refractivity contribution is 5.49. The first kappa shape index (κ1) is 13.7. The van der Waals surface area contributed by atoms with Crippen LogP contribution in [0.4, 0.5) is 17.6 Å². The molecule has 1 N–H and O–H groups in total. The molecule has 0 saturated carbocycles. The van der Waals surface area contributed by atoms with Crippen LogP contribution in [-0.4, -0.2) is 58.0 Å². The van der Waals surface area contributed by atoms with Crippen molar-refractivity contribution < 1.29 is 4.52 Å². The van der Waals surface area contributed by atoms with Crippen molar-refractivity contribution in [2.75, 3.05) is 42.9 Å². The van der Waals surface area contributed by atoms with E-state index in [4.69, 9.17) is 4.52 Å². The Bertz CT molecular complexity index is 592. The molecule has 0 aliphatic carbocycles. The van der Waals surface area contributed by atoms with Crippen LogP contribution in [0.3, 0.4) is 0 Å². The fourth-order valence-corrected chi connectivity index (χ4v) is 2.33. The predicted octanol–water partition coefficient (Wildman–Crippen LogP) is 1.05. The summed E-state index contributed by atoms with van der Waals surface area (Å²) in [6.07, 6.45) is 1.70.